The third-order valence-electron chi connectivity index (χ3n) is 3.40. The Morgan fingerprint density at radius 3 is 2.44 bits per heavy atom. The Balaban J connectivity index is 2.74. The Labute approximate surface area is 117 Å². The van der Waals surface area contributed by atoms with Gasteiger partial charge in [-0.05, 0) is 44.7 Å². The first kappa shape index (κ1) is 13.6. The number of Topliss-reactive ketones (excluding diaryl/α,β-unsaturated/α-hetero) is 1. The highest BCUT2D eigenvalue weighted by molar-refractivity contribution is 9.10. The molecular formula is C15H19BrO2. The van der Waals surface area contributed by atoms with Crippen LogP contribution >= 0.6 is 15.9 Å². The van der Waals surface area contributed by atoms with E-state index >= 15 is 0 Å². The normalized spacial score (nSPS) is 19.9. The zero-order chi connectivity index (χ0) is 13.7. The SMILES string of the molecule is CC(=O)c1c(Br)ccc2c1C(C)(C)CC(C)(C)O2. The van der Waals surface area contributed by atoms with Crippen LogP contribution in [0, 0.1) is 0 Å². The van der Waals surface area contributed by atoms with Gasteiger partial charge in [0, 0.05) is 15.6 Å². The van der Waals surface area contributed by atoms with Crippen molar-refractivity contribution in [3.05, 3.63) is 27.7 Å². The molecule has 2 nitrogen and oxygen atoms in total. The van der Waals surface area contributed by atoms with Crippen LogP contribution in [0.5, 0.6) is 5.75 Å². The number of carbonyl (C=O) groups is 1. The molecule has 2 rings (SSSR count). The van der Waals surface area contributed by atoms with Gasteiger partial charge in [-0.25, -0.2) is 0 Å². The second-order valence-electron chi connectivity index (χ2n) is 6.27. The van der Waals surface area contributed by atoms with E-state index in [1.54, 1.807) is 6.92 Å². The highest BCUT2D eigenvalue weighted by Gasteiger charge is 2.41. The number of hydrogen-bond acceptors (Lipinski definition) is 2. The van der Waals surface area contributed by atoms with Gasteiger partial charge < -0.3 is 4.74 Å². The van der Waals surface area contributed by atoms with Crippen molar-refractivity contribution in [1.82, 2.24) is 0 Å². The van der Waals surface area contributed by atoms with Gasteiger partial charge in [-0.3, -0.25) is 4.79 Å². The lowest BCUT2D eigenvalue weighted by Gasteiger charge is -2.43. The summed E-state index contributed by atoms with van der Waals surface area (Å²) in [6.45, 7) is 10.1. The van der Waals surface area contributed by atoms with Crippen LogP contribution in [-0.2, 0) is 5.41 Å². The van der Waals surface area contributed by atoms with Crippen LogP contribution in [0.4, 0.5) is 0 Å². The van der Waals surface area contributed by atoms with E-state index in [-0.39, 0.29) is 16.8 Å². The molecule has 0 amide bonds. The minimum atomic E-state index is -0.196. The average molecular weight is 311 g/mol. The summed E-state index contributed by atoms with van der Waals surface area (Å²) in [5.74, 6) is 0.916. The van der Waals surface area contributed by atoms with Crippen molar-refractivity contribution < 1.29 is 9.53 Å². The highest BCUT2D eigenvalue weighted by Crippen LogP contribution is 2.47. The summed E-state index contributed by atoms with van der Waals surface area (Å²) >= 11 is 3.48. The predicted octanol–water partition coefficient (Wildman–Crippen LogP) is 4.49. The van der Waals surface area contributed by atoms with Crippen LogP contribution in [0.25, 0.3) is 0 Å². The van der Waals surface area contributed by atoms with Crippen LogP contribution in [-0.4, -0.2) is 11.4 Å². The van der Waals surface area contributed by atoms with Gasteiger partial charge in [0.25, 0.3) is 0 Å². The third kappa shape index (κ3) is 2.20. The fraction of sp³-hybridized carbons (Fsp3) is 0.533. The second-order valence-corrected chi connectivity index (χ2v) is 7.13. The summed E-state index contributed by atoms with van der Waals surface area (Å²) in [6.07, 6.45) is 0.893. The number of carbonyl (C=O) groups excluding carboxylic acids is 1. The van der Waals surface area contributed by atoms with Crippen LogP contribution in [0.1, 0.15) is 57.0 Å². The van der Waals surface area contributed by atoms with E-state index in [0.717, 1.165) is 27.8 Å². The van der Waals surface area contributed by atoms with Crippen molar-refractivity contribution in [3.8, 4) is 5.75 Å². The maximum atomic E-state index is 11.9. The largest absolute Gasteiger partial charge is 0.488 e. The number of halogens is 1. The lowest BCUT2D eigenvalue weighted by Crippen LogP contribution is -2.42. The molecule has 0 saturated carbocycles. The van der Waals surface area contributed by atoms with Crippen molar-refractivity contribution in [1.29, 1.82) is 0 Å². The third-order valence-corrected chi connectivity index (χ3v) is 4.06. The molecule has 18 heavy (non-hydrogen) atoms. The van der Waals surface area contributed by atoms with Gasteiger partial charge in [0.2, 0.25) is 0 Å². The number of rotatable bonds is 1. The molecule has 0 fully saturated rings. The van der Waals surface area contributed by atoms with E-state index in [1.165, 1.54) is 0 Å². The molecule has 0 radical (unpaired) electrons. The number of ketones is 1. The Bertz CT molecular complexity index is 515. The van der Waals surface area contributed by atoms with E-state index < -0.39 is 0 Å². The van der Waals surface area contributed by atoms with E-state index in [0.29, 0.717) is 0 Å². The van der Waals surface area contributed by atoms with Gasteiger partial charge in [-0.15, -0.1) is 0 Å². The summed E-state index contributed by atoms with van der Waals surface area (Å²) < 4.78 is 6.88. The van der Waals surface area contributed by atoms with Crippen LogP contribution < -0.4 is 4.74 Å². The molecule has 0 bridgehead atoms. The molecule has 3 heteroatoms. The molecular weight excluding hydrogens is 292 g/mol. The molecule has 0 aliphatic carbocycles. The summed E-state index contributed by atoms with van der Waals surface area (Å²) in [6, 6.07) is 3.85. The topological polar surface area (TPSA) is 26.3 Å². The molecule has 98 valence electrons. The molecule has 0 N–H and O–H groups in total. The Kier molecular flexibility index (Phi) is 3.09. The van der Waals surface area contributed by atoms with Gasteiger partial charge in [-0.1, -0.05) is 29.8 Å². The molecule has 1 aliphatic rings. The zero-order valence-electron chi connectivity index (χ0n) is 11.6. The second kappa shape index (κ2) is 4.09. The van der Waals surface area contributed by atoms with E-state index in [2.05, 4.69) is 43.6 Å². The van der Waals surface area contributed by atoms with Crippen molar-refractivity contribution in [2.45, 2.75) is 52.1 Å². The lowest BCUT2D eigenvalue weighted by atomic mass is 9.71. The summed E-state index contributed by atoms with van der Waals surface area (Å²) in [5.41, 5.74) is 1.52. The standard InChI is InChI=1S/C15H19BrO2/c1-9(17)12-10(16)6-7-11-13(12)14(2,3)8-15(4,5)18-11/h6-7H,8H2,1-5H3. The van der Waals surface area contributed by atoms with E-state index in [9.17, 15) is 4.79 Å². The smallest absolute Gasteiger partial charge is 0.161 e. The number of benzene rings is 1. The van der Waals surface area contributed by atoms with Crippen LogP contribution in [0.15, 0.2) is 16.6 Å². The molecule has 1 aromatic carbocycles. The average Bonchev–Trinajstić information content (AvgIpc) is 2.15. The summed E-state index contributed by atoms with van der Waals surface area (Å²) in [4.78, 5) is 11.9. The van der Waals surface area contributed by atoms with Gasteiger partial charge >= 0.3 is 0 Å². The van der Waals surface area contributed by atoms with Gasteiger partial charge in [-0.2, -0.15) is 0 Å². The van der Waals surface area contributed by atoms with E-state index in [4.69, 9.17) is 4.74 Å². The fourth-order valence-electron chi connectivity index (χ4n) is 3.15. The zero-order valence-corrected chi connectivity index (χ0v) is 13.1. The molecule has 0 unspecified atom stereocenters. The van der Waals surface area contributed by atoms with E-state index in [1.807, 2.05) is 12.1 Å². The summed E-state index contributed by atoms with van der Waals surface area (Å²) in [5, 5.41) is 0. The monoisotopic (exact) mass is 310 g/mol. The first-order valence-corrected chi connectivity index (χ1v) is 6.96. The maximum Gasteiger partial charge on any atom is 0.161 e. The first-order chi connectivity index (χ1) is 8.14. The van der Waals surface area contributed by atoms with Crippen LogP contribution in [0.3, 0.4) is 0 Å². The van der Waals surface area contributed by atoms with Gasteiger partial charge in [0.1, 0.15) is 11.4 Å². The van der Waals surface area contributed by atoms with Crippen molar-refractivity contribution in [3.63, 3.8) is 0 Å². The lowest BCUT2D eigenvalue weighted by molar-refractivity contribution is 0.0524. The molecule has 0 spiro atoms. The van der Waals surface area contributed by atoms with Gasteiger partial charge in [0.15, 0.2) is 5.78 Å². The minimum Gasteiger partial charge on any atom is -0.488 e. The van der Waals surface area contributed by atoms with Gasteiger partial charge in [0.05, 0.1) is 0 Å². The molecule has 0 saturated heterocycles. The molecule has 1 heterocycles. The maximum absolute atomic E-state index is 11.9. The van der Waals surface area contributed by atoms with Crippen LogP contribution in [0.2, 0.25) is 0 Å². The van der Waals surface area contributed by atoms with Crippen molar-refractivity contribution in [2.75, 3.05) is 0 Å². The minimum absolute atomic E-state index is 0.0676. The molecule has 1 aliphatic heterocycles. The molecule has 0 aromatic heterocycles. The Morgan fingerprint density at radius 2 is 1.89 bits per heavy atom. The van der Waals surface area contributed by atoms with Crippen molar-refractivity contribution in [2.24, 2.45) is 0 Å². The van der Waals surface area contributed by atoms with Crippen molar-refractivity contribution >= 4 is 21.7 Å². The Morgan fingerprint density at radius 1 is 1.28 bits per heavy atom. The predicted molar refractivity (Wildman–Crippen MR) is 76.5 cm³/mol. The Hall–Kier alpha value is -0.830. The summed E-state index contributed by atoms with van der Waals surface area (Å²) in [7, 11) is 0. The highest BCUT2D eigenvalue weighted by atomic mass is 79.9. The number of ether oxygens (including phenoxy) is 1. The first-order valence-electron chi connectivity index (χ1n) is 6.17. The quantitative estimate of drug-likeness (QED) is 0.714. The molecule has 0 atom stereocenters. The molecule has 1 aromatic rings. The fourth-order valence-corrected chi connectivity index (χ4v) is 3.76. The number of hydrogen-bond donors (Lipinski definition) is 0. The number of fused-ring (bicyclic) bond motifs is 1.